The number of aliphatic carboxylic acids is 2. The van der Waals surface area contributed by atoms with E-state index < -0.39 is 32.6 Å². The minimum Gasteiger partial charge on any atom is -0.481 e. The first-order chi connectivity index (χ1) is 26.4. The van der Waals surface area contributed by atoms with Gasteiger partial charge in [0.05, 0.1) is 18.0 Å². The van der Waals surface area contributed by atoms with Gasteiger partial charge in [-0.25, -0.2) is 0 Å². The molecule has 0 radical (unpaired) electrons. The van der Waals surface area contributed by atoms with E-state index in [-0.39, 0.29) is 48.1 Å². The Bertz CT molecular complexity index is 1200. The molecular weight excluding hydrogens is 729 g/mol. The van der Waals surface area contributed by atoms with Crippen molar-refractivity contribution in [1.29, 1.82) is 0 Å². The average Bonchev–Trinajstić information content (AvgIpc) is 3.16. The molecular formula is C44H80N2O9Si. The van der Waals surface area contributed by atoms with Gasteiger partial charge in [-0.05, 0) is 82.0 Å². The van der Waals surface area contributed by atoms with E-state index in [2.05, 4.69) is 89.6 Å². The van der Waals surface area contributed by atoms with Crippen molar-refractivity contribution in [1.82, 2.24) is 10.6 Å². The molecule has 0 bridgehead atoms. The van der Waals surface area contributed by atoms with Crippen molar-refractivity contribution in [2.24, 2.45) is 34.5 Å². The summed E-state index contributed by atoms with van der Waals surface area (Å²) in [6.45, 7) is 25.4. The first kappa shape index (κ1) is 57.0. The molecule has 0 aliphatic heterocycles. The van der Waals surface area contributed by atoms with Crippen molar-refractivity contribution >= 4 is 32.6 Å². The first-order valence-corrected chi connectivity index (χ1v) is 22.0. The Hall–Kier alpha value is -3.32. The van der Waals surface area contributed by atoms with E-state index in [9.17, 15) is 29.4 Å². The predicted molar refractivity (Wildman–Crippen MR) is 232 cm³/mol. The summed E-state index contributed by atoms with van der Waals surface area (Å²) in [5.74, 6) is -4.26. The van der Waals surface area contributed by atoms with Gasteiger partial charge in [0.2, 0.25) is 11.8 Å². The standard InChI is InChI=1S/C22H41NO6Si.C20H35NO3.C2H4/c1-8-13-18(14-11-10-12-15-22(3,4)9-2)19(21(25)26)16-20(24)23-17-30(27-5,28-6)29-7;1-6-12-16(13-10-9-11-14-20(4,5)7-2)17(19(23)24)15-18(22)21-8-3;1-2/h8,10,12-13,18-19H,9,11,14-17H2,1-7H3,(H,23,24)(H,25,26);6,9,11-12,16-17H,7-8,10,13-15H2,1-5H3,(H,21,22)(H,23,24);1-2H2/b12-10+,13-8+;11-9+,12-6+;. The maximum atomic E-state index is 12.4. The monoisotopic (exact) mass is 809 g/mol. The van der Waals surface area contributed by atoms with E-state index in [0.717, 1.165) is 44.9 Å². The lowest BCUT2D eigenvalue weighted by atomic mass is 9.84. The Morgan fingerprint density at radius 1 is 0.661 bits per heavy atom. The molecule has 0 spiro atoms. The third-order valence-electron chi connectivity index (χ3n) is 10.1. The van der Waals surface area contributed by atoms with Crippen LogP contribution in [0.2, 0.25) is 0 Å². The highest BCUT2D eigenvalue weighted by Gasteiger charge is 2.39. The number of carboxylic acid groups (broad SMARTS) is 2. The quantitative estimate of drug-likeness (QED) is 0.0446. The summed E-state index contributed by atoms with van der Waals surface area (Å²) in [4.78, 5) is 47.7. The number of allylic oxidation sites excluding steroid dienone is 8. The van der Waals surface area contributed by atoms with E-state index in [1.807, 2.05) is 45.1 Å². The first-order valence-electron chi connectivity index (χ1n) is 20.1. The van der Waals surface area contributed by atoms with Crippen LogP contribution >= 0.6 is 0 Å². The second kappa shape index (κ2) is 32.7. The zero-order valence-electron chi connectivity index (χ0n) is 37.1. The van der Waals surface area contributed by atoms with Gasteiger partial charge in [-0.2, -0.15) is 0 Å². The summed E-state index contributed by atoms with van der Waals surface area (Å²) < 4.78 is 15.8. The van der Waals surface area contributed by atoms with Crippen molar-refractivity contribution in [3.63, 3.8) is 0 Å². The largest absolute Gasteiger partial charge is 0.520 e. The normalized spacial score (nSPS) is 14.4. The minimum atomic E-state index is -2.95. The van der Waals surface area contributed by atoms with Gasteiger partial charge in [-0.1, -0.05) is 103 Å². The summed E-state index contributed by atoms with van der Waals surface area (Å²) in [5.41, 5.74) is 0.577. The highest BCUT2D eigenvalue weighted by atomic mass is 28.4. The maximum Gasteiger partial charge on any atom is 0.520 e. The lowest BCUT2D eigenvalue weighted by molar-refractivity contribution is -0.146. The van der Waals surface area contributed by atoms with Gasteiger partial charge >= 0.3 is 20.7 Å². The number of carbonyl (C=O) groups excluding carboxylic acids is 2. The zero-order chi connectivity index (χ0) is 43.8. The number of rotatable bonds is 28. The molecule has 4 N–H and O–H groups in total. The lowest BCUT2D eigenvalue weighted by Crippen LogP contribution is -2.53. The molecule has 0 aromatic rings. The van der Waals surface area contributed by atoms with E-state index in [0.29, 0.717) is 18.4 Å². The molecule has 0 aliphatic rings. The molecule has 11 nitrogen and oxygen atoms in total. The average molecular weight is 809 g/mol. The van der Waals surface area contributed by atoms with Crippen LogP contribution in [-0.2, 0) is 32.5 Å². The predicted octanol–water partition coefficient (Wildman–Crippen LogP) is 9.34. The van der Waals surface area contributed by atoms with E-state index in [1.165, 1.54) is 21.3 Å². The third-order valence-corrected chi connectivity index (χ3v) is 12.6. The number of amides is 2. The van der Waals surface area contributed by atoms with E-state index >= 15 is 0 Å². The number of hydrogen-bond donors (Lipinski definition) is 4. The van der Waals surface area contributed by atoms with Crippen LogP contribution in [0.4, 0.5) is 0 Å². The van der Waals surface area contributed by atoms with Gasteiger partial charge in [0, 0.05) is 40.7 Å². The molecule has 0 aromatic heterocycles. The van der Waals surface area contributed by atoms with E-state index in [4.69, 9.17) is 13.3 Å². The van der Waals surface area contributed by atoms with Gasteiger partial charge in [0.25, 0.3) is 0 Å². The van der Waals surface area contributed by atoms with Crippen LogP contribution in [-0.4, -0.2) is 76.8 Å². The summed E-state index contributed by atoms with van der Waals surface area (Å²) in [7, 11) is 1.43. The molecule has 4 unspecified atom stereocenters. The van der Waals surface area contributed by atoms with Gasteiger partial charge in [-0.15, -0.1) is 13.2 Å². The van der Waals surface area contributed by atoms with Gasteiger partial charge in [0.1, 0.15) is 0 Å². The van der Waals surface area contributed by atoms with E-state index in [1.54, 1.807) is 0 Å². The number of carboxylic acids is 2. The highest BCUT2D eigenvalue weighted by Crippen LogP contribution is 2.28. The van der Waals surface area contributed by atoms with Crippen molar-refractivity contribution in [3.05, 3.63) is 61.8 Å². The Morgan fingerprint density at radius 2 is 1.02 bits per heavy atom. The van der Waals surface area contributed by atoms with Gasteiger partial charge < -0.3 is 34.1 Å². The number of nitrogens with one attached hydrogen (secondary N) is 2. The molecule has 0 saturated heterocycles. The van der Waals surface area contributed by atoms with Crippen molar-refractivity contribution in [2.75, 3.05) is 34.0 Å². The molecule has 12 heteroatoms. The topological polar surface area (TPSA) is 160 Å². The molecule has 4 atom stereocenters. The fourth-order valence-corrected chi connectivity index (χ4v) is 6.87. The molecule has 0 saturated carbocycles. The Morgan fingerprint density at radius 3 is 1.30 bits per heavy atom. The molecule has 0 heterocycles. The highest BCUT2D eigenvalue weighted by molar-refractivity contribution is 6.61. The second-order valence-electron chi connectivity index (χ2n) is 15.2. The molecule has 0 aliphatic carbocycles. The van der Waals surface area contributed by atoms with Crippen LogP contribution in [0.15, 0.2) is 61.8 Å². The third kappa shape index (κ3) is 26.5. The molecule has 0 fully saturated rings. The molecule has 0 aromatic carbocycles. The molecule has 2 amide bonds. The molecule has 56 heavy (non-hydrogen) atoms. The molecule has 0 rings (SSSR count). The Kier molecular flexibility index (Phi) is 33.3. The summed E-state index contributed by atoms with van der Waals surface area (Å²) in [6, 6.07) is 0. The Balaban J connectivity index is -0.000000982. The van der Waals surface area contributed by atoms with Crippen LogP contribution in [0.5, 0.6) is 0 Å². The second-order valence-corrected chi connectivity index (χ2v) is 18.2. The van der Waals surface area contributed by atoms with Crippen molar-refractivity contribution in [2.45, 2.75) is 127 Å². The van der Waals surface area contributed by atoms with Crippen LogP contribution < -0.4 is 10.6 Å². The van der Waals surface area contributed by atoms with Gasteiger partial charge in [0.15, 0.2) is 0 Å². The SMILES string of the molecule is C/C=C/C(CC/C=C/CC(C)(C)CC)C(CC(=O)NCC)C(=O)O.C/C=C/C(CC/C=C/CC(C)(C)CC)C(CC(=O)NC[Si](OC)(OC)OC)C(=O)O.C=C. The maximum absolute atomic E-state index is 12.4. The minimum absolute atomic E-state index is 0.0325. The zero-order valence-corrected chi connectivity index (χ0v) is 38.1. The summed E-state index contributed by atoms with van der Waals surface area (Å²) in [5, 5.41) is 24.6. The molecule has 324 valence electrons. The van der Waals surface area contributed by atoms with Crippen LogP contribution in [0.3, 0.4) is 0 Å². The summed E-state index contributed by atoms with van der Waals surface area (Å²) >= 11 is 0. The fourth-order valence-electron chi connectivity index (χ4n) is 5.52. The van der Waals surface area contributed by atoms with Crippen LogP contribution in [0.1, 0.15) is 127 Å². The fraction of sp³-hybridized carbons (Fsp3) is 0.682. The lowest BCUT2D eigenvalue weighted by Gasteiger charge is -2.25. The smallest absolute Gasteiger partial charge is 0.481 e. The van der Waals surface area contributed by atoms with Crippen LogP contribution in [0, 0.1) is 34.5 Å². The Labute approximate surface area is 341 Å². The van der Waals surface area contributed by atoms with Crippen LogP contribution in [0.25, 0.3) is 0 Å². The van der Waals surface area contributed by atoms with Crippen molar-refractivity contribution in [3.8, 4) is 0 Å². The van der Waals surface area contributed by atoms with Crippen molar-refractivity contribution < 1.29 is 42.7 Å². The summed E-state index contributed by atoms with van der Waals surface area (Å²) in [6.07, 6.45) is 23.4. The van der Waals surface area contributed by atoms with Gasteiger partial charge in [-0.3, -0.25) is 19.2 Å². The number of hydrogen-bond acceptors (Lipinski definition) is 7. The number of carbonyl (C=O) groups is 4.